The normalized spacial score (nSPS) is 15.7. The largest absolute Gasteiger partial charge is 0.469 e. The number of para-hydroxylation sites is 2. The molecule has 0 bridgehead atoms. The highest BCUT2D eigenvalue weighted by atomic mass is 32.2. The molecule has 29 heavy (non-hydrogen) atoms. The first-order valence-electron chi connectivity index (χ1n) is 9.93. The fourth-order valence-electron chi connectivity index (χ4n) is 3.27. The third-order valence-corrected chi connectivity index (χ3v) is 5.71. The molecule has 1 aromatic rings. The van der Waals surface area contributed by atoms with E-state index in [0.717, 1.165) is 30.6 Å². The Morgan fingerprint density at radius 3 is 2.93 bits per heavy atom. The predicted octanol–water partition coefficient (Wildman–Crippen LogP) is 4.33. The van der Waals surface area contributed by atoms with E-state index in [0.29, 0.717) is 17.3 Å². The number of ether oxygens (including phenoxy) is 1. The molecule has 7 heteroatoms. The number of thioether (sulfide) groups is 1. The molecule has 0 atom stereocenters. The van der Waals surface area contributed by atoms with Crippen molar-refractivity contribution in [2.24, 2.45) is 4.99 Å². The number of aliphatic imine (C=N–C) groups is 1. The van der Waals surface area contributed by atoms with Crippen LogP contribution in [0.25, 0.3) is 0 Å². The van der Waals surface area contributed by atoms with Crippen LogP contribution in [0.15, 0.2) is 52.7 Å². The summed E-state index contributed by atoms with van der Waals surface area (Å²) in [6.45, 7) is 0.672. The summed E-state index contributed by atoms with van der Waals surface area (Å²) >= 11 is 1.36. The van der Waals surface area contributed by atoms with Crippen LogP contribution < -0.4 is 10.6 Å². The molecule has 0 saturated heterocycles. The number of carbonyl (C=O) groups is 2. The molecule has 1 aromatic carbocycles. The number of hydrogen-bond acceptors (Lipinski definition) is 6. The van der Waals surface area contributed by atoms with Crippen molar-refractivity contribution in [3.63, 3.8) is 0 Å². The van der Waals surface area contributed by atoms with Crippen LogP contribution in [-0.4, -0.2) is 36.3 Å². The van der Waals surface area contributed by atoms with Gasteiger partial charge in [-0.1, -0.05) is 35.5 Å². The fourth-order valence-corrected chi connectivity index (χ4v) is 4.04. The number of fused-ring (bicyclic) bond motifs is 1. The maximum atomic E-state index is 12.2. The van der Waals surface area contributed by atoms with Crippen molar-refractivity contribution in [2.75, 3.05) is 24.7 Å². The standard InChI is InChI=1S/C22H27N3O3S/c1-28-22(27)14-17-13-21(25-19-10-6-5-9-18(19)24-17)29-15-20(26)23-12-11-16-7-3-2-4-8-16/h5-7,9-10,13,24H,2-4,8,11-12,14-15H2,1H3,(H,23,26). The van der Waals surface area contributed by atoms with Crippen molar-refractivity contribution in [1.29, 1.82) is 0 Å². The van der Waals surface area contributed by atoms with E-state index in [1.165, 1.54) is 37.3 Å². The number of nitrogens with one attached hydrogen (secondary N) is 2. The molecule has 1 amide bonds. The lowest BCUT2D eigenvalue weighted by molar-refractivity contribution is -0.139. The zero-order chi connectivity index (χ0) is 20.5. The van der Waals surface area contributed by atoms with Crippen LogP contribution in [0.2, 0.25) is 0 Å². The maximum Gasteiger partial charge on any atom is 0.311 e. The van der Waals surface area contributed by atoms with Crippen molar-refractivity contribution >= 4 is 40.1 Å². The summed E-state index contributed by atoms with van der Waals surface area (Å²) in [7, 11) is 1.37. The zero-order valence-corrected chi connectivity index (χ0v) is 17.5. The molecule has 0 saturated carbocycles. The van der Waals surface area contributed by atoms with E-state index in [1.807, 2.05) is 30.3 Å². The van der Waals surface area contributed by atoms with Gasteiger partial charge in [-0.25, -0.2) is 4.99 Å². The van der Waals surface area contributed by atoms with Gasteiger partial charge in [0.05, 0.1) is 35.7 Å². The lowest BCUT2D eigenvalue weighted by atomic mass is 9.97. The average Bonchev–Trinajstić information content (AvgIpc) is 2.91. The Bertz CT molecular complexity index is 845. The van der Waals surface area contributed by atoms with Gasteiger partial charge in [-0.05, 0) is 50.3 Å². The smallest absolute Gasteiger partial charge is 0.311 e. The second kappa shape index (κ2) is 10.9. The van der Waals surface area contributed by atoms with Crippen molar-refractivity contribution in [3.8, 4) is 0 Å². The summed E-state index contributed by atoms with van der Waals surface area (Å²) in [6.07, 6.45) is 10.0. The van der Waals surface area contributed by atoms with Gasteiger partial charge in [0.2, 0.25) is 5.91 Å². The quantitative estimate of drug-likeness (QED) is 0.514. The van der Waals surface area contributed by atoms with E-state index in [1.54, 1.807) is 0 Å². The summed E-state index contributed by atoms with van der Waals surface area (Å²) in [5.74, 6) is -0.0630. The summed E-state index contributed by atoms with van der Waals surface area (Å²) in [5, 5.41) is 6.92. The molecule has 6 nitrogen and oxygen atoms in total. The molecule has 0 unspecified atom stereocenters. The molecule has 2 aliphatic rings. The van der Waals surface area contributed by atoms with Crippen molar-refractivity contribution in [1.82, 2.24) is 5.32 Å². The minimum Gasteiger partial charge on any atom is -0.469 e. The predicted molar refractivity (Wildman–Crippen MR) is 119 cm³/mol. The fraction of sp³-hybridized carbons (Fsp3) is 0.409. The number of benzene rings is 1. The minimum atomic E-state index is -0.331. The SMILES string of the molecule is COC(=O)CC1=CC(SCC(=O)NCCC2=CCCCC2)=Nc2ccccc2N1. The first-order valence-corrected chi connectivity index (χ1v) is 10.9. The Hall–Kier alpha value is -2.54. The first kappa shape index (κ1) is 21.2. The van der Waals surface area contributed by atoms with E-state index < -0.39 is 0 Å². The van der Waals surface area contributed by atoms with Gasteiger partial charge >= 0.3 is 5.97 Å². The Balaban J connectivity index is 1.57. The van der Waals surface area contributed by atoms with Crippen LogP contribution in [0.4, 0.5) is 11.4 Å². The first-order chi connectivity index (χ1) is 14.1. The van der Waals surface area contributed by atoms with Crippen molar-refractivity contribution in [3.05, 3.63) is 47.7 Å². The number of nitrogens with zero attached hydrogens (tertiary/aromatic N) is 1. The number of hydrogen-bond donors (Lipinski definition) is 2. The molecular weight excluding hydrogens is 386 g/mol. The Morgan fingerprint density at radius 2 is 2.14 bits per heavy atom. The van der Waals surface area contributed by atoms with Crippen LogP contribution >= 0.6 is 11.8 Å². The van der Waals surface area contributed by atoms with Gasteiger partial charge < -0.3 is 15.4 Å². The van der Waals surface area contributed by atoms with Gasteiger partial charge in [0.1, 0.15) is 0 Å². The Morgan fingerprint density at radius 1 is 1.28 bits per heavy atom. The van der Waals surface area contributed by atoms with E-state index >= 15 is 0 Å². The van der Waals surface area contributed by atoms with Gasteiger partial charge in [-0.3, -0.25) is 9.59 Å². The summed E-state index contributed by atoms with van der Waals surface area (Å²) < 4.78 is 4.77. The number of rotatable bonds is 7. The van der Waals surface area contributed by atoms with Crippen LogP contribution in [-0.2, 0) is 14.3 Å². The topological polar surface area (TPSA) is 79.8 Å². The molecule has 1 heterocycles. The molecule has 3 rings (SSSR count). The van der Waals surface area contributed by atoms with E-state index in [-0.39, 0.29) is 24.1 Å². The van der Waals surface area contributed by atoms with Gasteiger partial charge in [0.25, 0.3) is 0 Å². The molecule has 154 valence electrons. The van der Waals surface area contributed by atoms with Gasteiger partial charge in [-0.15, -0.1) is 0 Å². The molecule has 1 aliphatic carbocycles. The lowest BCUT2D eigenvalue weighted by Gasteiger charge is -2.12. The minimum absolute atomic E-state index is 0.0116. The molecule has 2 N–H and O–H groups in total. The zero-order valence-electron chi connectivity index (χ0n) is 16.7. The highest BCUT2D eigenvalue weighted by Gasteiger charge is 2.15. The van der Waals surface area contributed by atoms with Crippen molar-refractivity contribution < 1.29 is 14.3 Å². The maximum absolute atomic E-state index is 12.2. The van der Waals surface area contributed by atoms with Crippen molar-refractivity contribution in [2.45, 2.75) is 38.5 Å². The van der Waals surface area contributed by atoms with E-state index in [9.17, 15) is 9.59 Å². The second-order valence-electron chi connectivity index (χ2n) is 7.01. The third-order valence-electron chi connectivity index (χ3n) is 4.79. The molecule has 0 fully saturated rings. The van der Waals surface area contributed by atoms with Gasteiger partial charge in [0, 0.05) is 12.2 Å². The van der Waals surface area contributed by atoms with Crippen LogP contribution in [0.1, 0.15) is 38.5 Å². The molecular formula is C22H27N3O3S. The number of esters is 1. The number of amides is 1. The summed E-state index contributed by atoms with van der Waals surface area (Å²) in [4.78, 5) is 28.6. The molecule has 0 radical (unpaired) electrons. The van der Waals surface area contributed by atoms with Gasteiger partial charge in [0.15, 0.2) is 0 Å². The molecule has 1 aliphatic heterocycles. The van der Waals surface area contributed by atoms with Crippen LogP contribution in [0.3, 0.4) is 0 Å². The number of carbonyl (C=O) groups excluding carboxylic acids is 2. The number of methoxy groups -OCH3 is 1. The second-order valence-corrected chi connectivity index (χ2v) is 8.01. The van der Waals surface area contributed by atoms with E-state index in [4.69, 9.17) is 4.74 Å². The Labute approximate surface area is 175 Å². The summed E-state index contributed by atoms with van der Waals surface area (Å²) in [6, 6.07) is 7.62. The Kier molecular flexibility index (Phi) is 7.93. The average molecular weight is 414 g/mol. The highest BCUT2D eigenvalue weighted by molar-refractivity contribution is 8.14. The molecule has 0 aromatic heterocycles. The van der Waals surface area contributed by atoms with Crippen LogP contribution in [0.5, 0.6) is 0 Å². The highest BCUT2D eigenvalue weighted by Crippen LogP contribution is 2.31. The number of allylic oxidation sites excluding steroid dienone is 1. The lowest BCUT2D eigenvalue weighted by Crippen LogP contribution is -2.27. The summed E-state index contributed by atoms with van der Waals surface area (Å²) in [5.41, 5.74) is 3.74. The van der Waals surface area contributed by atoms with Crippen LogP contribution in [0, 0.1) is 0 Å². The number of anilines is 1. The monoisotopic (exact) mass is 413 g/mol. The van der Waals surface area contributed by atoms with E-state index in [2.05, 4.69) is 21.7 Å². The third kappa shape index (κ3) is 6.78. The molecule has 0 spiro atoms. The van der Waals surface area contributed by atoms with Gasteiger partial charge in [-0.2, -0.15) is 0 Å².